The zero-order chi connectivity index (χ0) is 34.0. The molecule has 0 radical (unpaired) electrons. The van der Waals surface area contributed by atoms with Gasteiger partial charge in [0.2, 0.25) is 0 Å². The highest BCUT2D eigenvalue weighted by molar-refractivity contribution is 7.22. The average molecular weight is 676 g/mol. The molecule has 1 unspecified atom stereocenters. The van der Waals surface area contributed by atoms with Gasteiger partial charge >= 0.3 is 12.1 Å². The van der Waals surface area contributed by atoms with Gasteiger partial charge in [0.25, 0.3) is 8.32 Å². The number of esters is 1. The Labute approximate surface area is 282 Å². The zero-order valence-corrected chi connectivity index (χ0v) is 30.3. The Morgan fingerprint density at radius 1 is 0.915 bits per heavy atom. The van der Waals surface area contributed by atoms with Crippen LogP contribution in [0.3, 0.4) is 0 Å². The van der Waals surface area contributed by atoms with Crippen LogP contribution in [0.25, 0.3) is 10.2 Å². The lowest BCUT2D eigenvalue weighted by Gasteiger charge is -2.46. The molecule has 5 rings (SSSR count). The van der Waals surface area contributed by atoms with Crippen LogP contribution in [0.4, 0.5) is 9.93 Å². The van der Waals surface area contributed by atoms with Crippen molar-refractivity contribution in [1.82, 2.24) is 9.88 Å². The van der Waals surface area contributed by atoms with Crippen LogP contribution in [-0.2, 0) is 13.9 Å². The highest BCUT2D eigenvalue weighted by atomic mass is 32.1. The minimum atomic E-state index is -2.87. The molecular formula is C36H45N3O6SSi. The van der Waals surface area contributed by atoms with Crippen LogP contribution < -0.4 is 20.0 Å². The molecule has 1 saturated heterocycles. The van der Waals surface area contributed by atoms with Crippen LogP contribution >= 0.6 is 11.3 Å². The first-order valence-corrected chi connectivity index (χ1v) is 18.6. The Morgan fingerprint density at radius 2 is 1.53 bits per heavy atom. The molecule has 1 amide bonds. The van der Waals surface area contributed by atoms with Gasteiger partial charge in [0.05, 0.1) is 37.1 Å². The summed E-state index contributed by atoms with van der Waals surface area (Å²) in [5.41, 5.74) is 0.450. The fraction of sp³-hybridized carbons (Fsp3) is 0.417. The quantitative estimate of drug-likeness (QED) is 0.164. The van der Waals surface area contributed by atoms with Crippen molar-refractivity contribution < 1.29 is 28.2 Å². The number of rotatable bonds is 8. The van der Waals surface area contributed by atoms with Crippen LogP contribution in [0.1, 0.15) is 51.9 Å². The number of carbonyl (C=O) groups is 2. The van der Waals surface area contributed by atoms with Gasteiger partial charge in [0, 0.05) is 19.6 Å². The van der Waals surface area contributed by atoms with Gasteiger partial charge in [-0.3, -0.25) is 0 Å². The Bertz CT molecular complexity index is 1660. The largest absolute Gasteiger partial charge is 0.494 e. The Hall–Kier alpha value is -3.93. The molecule has 1 aliphatic rings. The van der Waals surface area contributed by atoms with Crippen molar-refractivity contribution in [2.45, 2.75) is 58.2 Å². The molecular weight excluding hydrogens is 631 g/mol. The monoisotopic (exact) mass is 675 g/mol. The number of piperazine rings is 1. The number of methoxy groups -OCH3 is 2. The highest BCUT2D eigenvalue weighted by Crippen LogP contribution is 2.39. The molecule has 1 aromatic heterocycles. The summed E-state index contributed by atoms with van der Waals surface area (Å²) in [6.07, 6.45) is -0.346. The number of hydrogen-bond donors (Lipinski definition) is 0. The maximum Gasteiger partial charge on any atom is 0.410 e. The summed E-state index contributed by atoms with van der Waals surface area (Å²) in [7, 11) is 0.0514. The molecule has 4 aromatic rings. The lowest BCUT2D eigenvalue weighted by Crippen LogP contribution is -2.68. The number of nitrogens with zero attached hydrogens (tertiary/aromatic N) is 3. The number of amides is 1. The summed E-state index contributed by atoms with van der Waals surface area (Å²) in [4.78, 5) is 34.8. The van der Waals surface area contributed by atoms with Gasteiger partial charge in [0.1, 0.15) is 16.9 Å². The van der Waals surface area contributed by atoms with Crippen LogP contribution in [0.15, 0.2) is 72.8 Å². The third kappa shape index (κ3) is 7.17. The number of ether oxygens (including phenoxy) is 3. The summed E-state index contributed by atoms with van der Waals surface area (Å²) in [6.45, 7) is 14.1. The number of carbonyl (C=O) groups excluding carboxylic acids is 2. The molecule has 47 heavy (non-hydrogen) atoms. The first-order valence-electron chi connectivity index (χ1n) is 15.8. The molecule has 1 atom stereocenters. The Morgan fingerprint density at radius 3 is 2.06 bits per heavy atom. The maximum absolute atomic E-state index is 13.3. The van der Waals surface area contributed by atoms with E-state index in [1.807, 2.05) is 32.9 Å². The second kappa shape index (κ2) is 13.7. The summed E-state index contributed by atoms with van der Waals surface area (Å²) in [5, 5.41) is 2.92. The van der Waals surface area contributed by atoms with E-state index in [4.69, 9.17) is 23.6 Å². The van der Waals surface area contributed by atoms with E-state index in [0.29, 0.717) is 43.1 Å². The first kappa shape index (κ1) is 34.4. The average Bonchev–Trinajstić information content (AvgIpc) is 3.48. The molecule has 9 nitrogen and oxygen atoms in total. The van der Waals surface area contributed by atoms with E-state index < -0.39 is 19.9 Å². The number of thiazole rings is 1. The maximum atomic E-state index is 13.3. The predicted octanol–water partition coefficient (Wildman–Crippen LogP) is 6.09. The standard InChI is InChI=1S/C36H45N3O6SSi/c1-35(2,3)45-34(41)38-19-20-39(33-37-31-29(42-7)21-25(32(40)43-8)22-30(31)46-33)26(23-38)24-44-47(36(4,5)6,27-15-11-9-12-16-27)28-17-13-10-14-18-28/h9-18,21-22,26H,19-20,23-24H2,1-8H3. The number of fused-ring (bicyclic) bond motifs is 1. The molecule has 0 spiro atoms. The van der Waals surface area contributed by atoms with Gasteiger partial charge in [-0.25, -0.2) is 14.6 Å². The number of aromatic nitrogens is 1. The second-order valence-corrected chi connectivity index (χ2v) is 19.1. The third-order valence-corrected chi connectivity index (χ3v) is 14.4. The first-order chi connectivity index (χ1) is 22.3. The van der Waals surface area contributed by atoms with Crippen molar-refractivity contribution in [3.8, 4) is 5.75 Å². The number of hydrogen-bond acceptors (Lipinski definition) is 9. The highest BCUT2D eigenvalue weighted by Gasteiger charge is 2.51. The van der Waals surface area contributed by atoms with Crippen LogP contribution in [0.5, 0.6) is 5.75 Å². The van der Waals surface area contributed by atoms with E-state index in [2.05, 4.69) is 74.2 Å². The molecule has 1 aliphatic heterocycles. The van der Waals surface area contributed by atoms with Crippen LogP contribution in [0.2, 0.25) is 5.04 Å². The van der Waals surface area contributed by atoms with E-state index in [1.165, 1.54) is 28.8 Å². The molecule has 1 fully saturated rings. The number of anilines is 1. The van der Waals surface area contributed by atoms with Gasteiger partial charge < -0.3 is 28.4 Å². The fourth-order valence-electron chi connectivity index (χ4n) is 6.23. The van der Waals surface area contributed by atoms with Gasteiger partial charge in [-0.15, -0.1) is 0 Å². The second-order valence-electron chi connectivity index (χ2n) is 13.8. The fourth-order valence-corrected chi connectivity index (χ4v) is 11.9. The van der Waals surface area contributed by atoms with Gasteiger partial charge in [-0.2, -0.15) is 0 Å². The Balaban J connectivity index is 1.57. The van der Waals surface area contributed by atoms with Gasteiger partial charge in [-0.1, -0.05) is 92.8 Å². The third-order valence-electron chi connectivity index (χ3n) is 8.38. The van der Waals surface area contributed by atoms with Crippen molar-refractivity contribution in [2.75, 3.05) is 45.4 Å². The molecule has 250 valence electrons. The Kier molecular flexibility index (Phi) is 10.00. The molecule has 11 heteroatoms. The molecule has 0 saturated carbocycles. The summed E-state index contributed by atoms with van der Waals surface area (Å²) in [5.74, 6) is 0.0561. The lowest BCUT2D eigenvalue weighted by atomic mass is 10.2. The van der Waals surface area contributed by atoms with E-state index in [-0.39, 0.29) is 17.2 Å². The van der Waals surface area contributed by atoms with Crippen molar-refractivity contribution in [1.29, 1.82) is 0 Å². The van der Waals surface area contributed by atoms with Crippen LogP contribution in [-0.4, -0.2) is 82.4 Å². The van der Waals surface area contributed by atoms with Crippen LogP contribution in [0, 0.1) is 0 Å². The summed E-state index contributed by atoms with van der Waals surface area (Å²) >= 11 is 1.48. The zero-order valence-electron chi connectivity index (χ0n) is 28.5. The van der Waals surface area contributed by atoms with E-state index in [0.717, 1.165) is 9.83 Å². The SMILES string of the molecule is COC(=O)c1cc(OC)c2nc(N3CCN(C(=O)OC(C)(C)C)CC3CO[Si](c3ccccc3)(c3ccccc3)C(C)(C)C)sc2c1. The smallest absolute Gasteiger partial charge is 0.410 e. The minimum Gasteiger partial charge on any atom is -0.494 e. The summed E-state index contributed by atoms with van der Waals surface area (Å²) in [6, 6.07) is 24.3. The molecule has 3 aromatic carbocycles. The van der Waals surface area contributed by atoms with Crippen molar-refractivity contribution in [2.24, 2.45) is 0 Å². The number of benzene rings is 3. The van der Waals surface area contributed by atoms with Crippen molar-refractivity contribution in [3.05, 3.63) is 78.4 Å². The molecule has 2 heterocycles. The molecule has 0 N–H and O–H groups in total. The van der Waals surface area contributed by atoms with Gasteiger partial charge in [-0.05, 0) is 48.3 Å². The molecule has 0 aliphatic carbocycles. The van der Waals surface area contributed by atoms with Crippen molar-refractivity contribution in [3.63, 3.8) is 0 Å². The van der Waals surface area contributed by atoms with Crippen molar-refractivity contribution >= 4 is 57.4 Å². The van der Waals surface area contributed by atoms with E-state index in [1.54, 1.807) is 24.1 Å². The minimum absolute atomic E-state index is 0.215. The van der Waals surface area contributed by atoms with Gasteiger partial charge in [0.15, 0.2) is 5.13 Å². The topological polar surface area (TPSA) is 90.4 Å². The van der Waals surface area contributed by atoms with E-state index >= 15 is 0 Å². The normalized spacial score (nSPS) is 15.9. The van der Waals surface area contributed by atoms with E-state index in [9.17, 15) is 9.59 Å². The molecule has 0 bridgehead atoms. The summed E-state index contributed by atoms with van der Waals surface area (Å²) < 4.78 is 24.6. The predicted molar refractivity (Wildman–Crippen MR) is 190 cm³/mol. The lowest BCUT2D eigenvalue weighted by molar-refractivity contribution is 0.0199.